The highest BCUT2D eigenvalue weighted by molar-refractivity contribution is 7.80. The molecule has 1 aromatic rings. The van der Waals surface area contributed by atoms with Crippen LogP contribution in [0.25, 0.3) is 0 Å². The average molecular weight is 302 g/mol. The predicted molar refractivity (Wildman–Crippen MR) is 84.8 cm³/mol. The molecule has 4 nitrogen and oxygen atoms in total. The van der Waals surface area contributed by atoms with Crippen molar-refractivity contribution < 1.29 is 9.59 Å². The van der Waals surface area contributed by atoms with Crippen LogP contribution in [0.15, 0.2) is 24.3 Å². The lowest BCUT2D eigenvalue weighted by Gasteiger charge is -2.18. The Morgan fingerprint density at radius 3 is 2.43 bits per heavy atom. The lowest BCUT2D eigenvalue weighted by molar-refractivity contribution is -0.123. The molecule has 2 N–H and O–H groups in total. The zero-order chi connectivity index (χ0) is 15.1. The van der Waals surface area contributed by atoms with Crippen molar-refractivity contribution in [2.24, 2.45) is 23.5 Å². The summed E-state index contributed by atoms with van der Waals surface area (Å²) >= 11 is 4.96. The molecule has 1 aliphatic carbocycles. The number of imide groups is 1. The summed E-state index contributed by atoms with van der Waals surface area (Å²) in [6, 6.07) is 7.03. The molecular formula is C16H18N2O2S. The highest BCUT2D eigenvalue weighted by Crippen LogP contribution is 2.45. The van der Waals surface area contributed by atoms with Crippen LogP contribution in [-0.2, 0) is 9.59 Å². The molecule has 5 heteroatoms. The van der Waals surface area contributed by atoms with Crippen molar-refractivity contribution in [3.63, 3.8) is 0 Å². The van der Waals surface area contributed by atoms with E-state index in [2.05, 4.69) is 6.92 Å². The van der Waals surface area contributed by atoms with Crippen molar-refractivity contribution in [2.45, 2.75) is 26.2 Å². The standard InChI is InChI=1S/C16H18N2O2S/c1-2-9-6-12-13(7-9)16(20)18(15(12)19)11-5-3-4-10(8-11)14(17)21/h3-5,8-9,12-13H,2,6-7H2,1H3,(H2,17,21). The number of fused-ring (bicyclic) bond motifs is 1. The molecule has 21 heavy (non-hydrogen) atoms. The van der Waals surface area contributed by atoms with Crippen LogP contribution in [-0.4, -0.2) is 16.8 Å². The fourth-order valence-corrected chi connectivity index (χ4v) is 3.64. The van der Waals surface area contributed by atoms with Crippen molar-refractivity contribution in [3.8, 4) is 0 Å². The summed E-state index contributed by atoms with van der Waals surface area (Å²) in [5, 5.41) is 0. The molecule has 3 rings (SSSR count). The number of rotatable bonds is 3. The number of benzene rings is 1. The van der Waals surface area contributed by atoms with Crippen molar-refractivity contribution >= 4 is 34.7 Å². The average Bonchev–Trinajstić information content (AvgIpc) is 3.00. The molecular weight excluding hydrogens is 284 g/mol. The van der Waals surface area contributed by atoms with Crippen LogP contribution in [0.2, 0.25) is 0 Å². The van der Waals surface area contributed by atoms with Gasteiger partial charge < -0.3 is 5.73 Å². The maximum atomic E-state index is 12.6. The van der Waals surface area contributed by atoms with Crippen LogP contribution in [0, 0.1) is 17.8 Å². The molecule has 1 saturated heterocycles. The van der Waals surface area contributed by atoms with Crippen LogP contribution >= 0.6 is 12.2 Å². The molecule has 2 aliphatic rings. The second-order valence-corrected chi connectivity index (χ2v) is 6.32. The Morgan fingerprint density at radius 2 is 1.90 bits per heavy atom. The van der Waals surface area contributed by atoms with Crippen LogP contribution in [0.4, 0.5) is 5.69 Å². The largest absolute Gasteiger partial charge is 0.389 e. The normalized spacial score (nSPS) is 28.0. The molecule has 2 atom stereocenters. The van der Waals surface area contributed by atoms with Gasteiger partial charge in [-0.15, -0.1) is 0 Å². The fourth-order valence-electron chi connectivity index (χ4n) is 3.52. The number of nitrogens with two attached hydrogens (primary N) is 1. The maximum absolute atomic E-state index is 12.6. The topological polar surface area (TPSA) is 63.4 Å². The smallest absolute Gasteiger partial charge is 0.237 e. The summed E-state index contributed by atoms with van der Waals surface area (Å²) in [6.45, 7) is 2.12. The van der Waals surface area contributed by atoms with Crippen LogP contribution < -0.4 is 10.6 Å². The Kier molecular flexibility index (Phi) is 3.53. The number of thiocarbonyl (C=S) groups is 1. The minimum atomic E-state index is -0.143. The van der Waals surface area contributed by atoms with Crippen LogP contribution in [0.5, 0.6) is 0 Å². The van der Waals surface area contributed by atoms with E-state index in [9.17, 15) is 9.59 Å². The zero-order valence-electron chi connectivity index (χ0n) is 11.9. The first-order chi connectivity index (χ1) is 10.0. The van der Waals surface area contributed by atoms with E-state index in [4.69, 9.17) is 18.0 Å². The van der Waals surface area contributed by atoms with Gasteiger partial charge in [-0.05, 0) is 30.9 Å². The van der Waals surface area contributed by atoms with Gasteiger partial charge in [0.15, 0.2) is 0 Å². The van der Waals surface area contributed by atoms with E-state index >= 15 is 0 Å². The van der Waals surface area contributed by atoms with Crippen molar-refractivity contribution in [3.05, 3.63) is 29.8 Å². The number of carbonyl (C=O) groups is 2. The third kappa shape index (κ3) is 2.25. The molecule has 0 radical (unpaired) electrons. The lowest BCUT2D eigenvalue weighted by Crippen LogP contribution is -2.32. The number of hydrogen-bond acceptors (Lipinski definition) is 3. The molecule has 0 spiro atoms. The maximum Gasteiger partial charge on any atom is 0.237 e. The quantitative estimate of drug-likeness (QED) is 0.687. The van der Waals surface area contributed by atoms with Gasteiger partial charge in [-0.1, -0.05) is 37.7 Å². The first-order valence-corrected chi connectivity index (χ1v) is 7.71. The summed E-state index contributed by atoms with van der Waals surface area (Å²) in [6.07, 6.45) is 2.69. The van der Waals surface area contributed by atoms with Crippen LogP contribution in [0.3, 0.4) is 0 Å². The Bertz CT molecular complexity index is 604. The molecule has 110 valence electrons. The minimum absolute atomic E-state index is 0.0685. The summed E-state index contributed by atoms with van der Waals surface area (Å²) in [4.78, 5) is 26.8. The van der Waals surface area contributed by atoms with E-state index in [1.54, 1.807) is 24.3 Å². The number of carbonyl (C=O) groups excluding carboxylic acids is 2. The van der Waals surface area contributed by atoms with E-state index in [-0.39, 0.29) is 28.6 Å². The fraction of sp³-hybridized carbons (Fsp3) is 0.438. The lowest BCUT2D eigenvalue weighted by atomic mass is 10.00. The van der Waals surface area contributed by atoms with E-state index < -0.39 is 0 Å². The van der Waals surface area contributed by atoms with E-state index in [0.717, 1.165) is 19.3 Å². The molecule has 1 saturated carbocycles. The molecule has 1 heterocycles. The summed E-state index contributed by atoms with van der Waals surface area (Å²) < 4.78 is 0. The van der Waals surface area contributed by atoms with Gasteiger partial charge in [0.2, 0.25) is 11.8 Å². The highest BCUT2D eigenvalue weighted by Gasteiger charge is 2.52. The molecule has 2 fully saturated rings. The molecule has 0 aromatic heterocycles. The minimum Gasteiger partial charge on any atom is -0.389 e. The van der Waals surface area contributed by atoms with Gasteiger partial charge in [0.1, 0.15) is 4.99 Å². The second-order valence-electron chi connectivity index (χ2n) is 5.89. The summed E-state index contributed by atoms with van der Waals surface area (Å²) in [7, 11) is 0. The third-order valence-corrected chi connectivity index (χ3v) is 4.94. The Hall–Kier alpha value is -1.75. The van der Waals surface area contributed by atoms with Gasteiger partial charge >= 0.3 is 0 Å². The van der Waals surface area contributed by atoms with Gasteiger partial charge in [-0.25, -0.2) is 0 Å². The molecule has 1 aromatic carbocycles. The second kappa shape index (κ2) is 5.22. The Balaban J connectivity index is 1.91. The number of amides is 2. The molecule has 0 bridgehead atoms. The van der Waals surface area contributed by atoms with Gasteiger partial charge in [0, 0.05) is 5.56 Å². The first kappa shape index (κ1) is 14.2. The summed E-state index contributed by atoms with van der Waals surface area (Å²) in [5.74, 6) is 0.0759. The summed E-state index contributed by atoms with van der Waals surface area (Å²) in [5.41, 5.74) is 6.88. The van der Waals surface area contributed by atoms with Gasteiger partial charge in [0.05, 0.1) is 17.5 Å². The number of hydrogen-bond donors (Lipinski definition) is 1. The van der Waals surface area contributed by atoms with Crippen LogP contribution in [0.1, 0.15) is 31.7 Å². The highest BCUT2D eigenvalue weighted by atomic mass is 32.1. The van der Waals surface area contributed by atoms with E-state index in [1.165, 1.54) is 4.90 Å². The molecule has 1 aliphatic heterocycles. The molecule has 2 amide bonds. The first-order valence-electron chi connectivity index (χ1n) is 7.30. The van der Waals surface area contributed by atoms with Gasteiger partial charge in [-0.2, -0.15) is 0 Å². The van der Waals surface area contributed by atoms with E-state index in [0.29, 0.717) is 17.2 Å². The van der Waals surface area contributed by atoms with E-state index in [1.807, 2.05) is 0 Å². The Morgan fingerprint density at radius 1 is 1.29 bits per heavy atom. The SMILES string of the molecule is CCC1CC2C(=O)N(c3cccc(C(N)=S)c3)C(=O)C2C1. The predicted octanol–water partition coefficient (Wildman–Crippen LogP) is 2.25. The number of anilines is 1. The zero-order valence-corrected chi connectivity index (χ0v) is 12.7. The van der Waals surface area contributed by atoms with Crippen molar-refractivity contribution in [1.82, 2.24) is 0 Å². The Labute approximate surface area is 129 Å². The monoisotopic (exact) mass is 302 g/mol. The van der Waals surface area contributed by atoms with Gasteiger partial charge in [0.25, 0.3) is 0 Å². The molecule has 2 unspecified atom stereocenters. The third-order valence-electron chi connectivity index (χ3n) is 4.70. The van der Waals surface area contributed by atoms with Crippen molar-refractivity contribution in [1.29, 1.82) is 0 Å². The van der Waals surface area contributed by atoms with Gasteiger partial charge in [-0.3, -0.25) is 14.5 Å². The number of nitrogens with zero attached hydrogens (tertiary/aromatic N) is 1. The van der Waals surface area contributed by atoms with Crippen molar-refractivity contribution in [2.75, 3.05) is 4.90 Å².